The quantitative estimate of drug-likeness (QED) is 0.716. The fourth-order valence-corrected chi connectivity index (χ4v) is 4.09. The molecule has 6 heteroatoms. The summed E-state index contributed by atoms with van der Waals surface area (Å²) < 4.78 is 0. The van der Waals surface area contributed by atoms with Gasteiger partial charge in [0, 0.05) is 42.2 Å². The molecule has 6 nitrogen and oxygen atoms in total. The molecular weight excluding hydrogens is 314 g/mol. The van der Waals surface area contributed by atoms with Crippen LogP contribution in [0.4, 0.5) is 10.5 Å². The second kappa shape index (κ2) is 7.06. The van der Waals surface area contributed by atoms with Crippen LogP contribution >= 0.6 is 0 Å². The maximum Gasteiger partial charge on any atom is 0.323 e. The predicted molar refractivity (Wildman–Crippen MR) is 100.0 cm³/mol. The zero-order valence-electron chi connectivity index (χ0n) is 14.6. The average Bonchev–Trinajstić information content (AvgIpc) is 2.99. The molecule has 1 aromatic carbocycles. The van der Waals surface area contributed by atoms with Gasteiger partial charge in [0.15, 0.2) is 0 Å². The monoisotopic (exact) mass is 341 g/mol. The second-order valence-corrected chi connectivity index (χ2v) is 7.13. The van der Waals surface area contributed by atoms with Gasteiger partial charge in [-0.2, -0.15) is 0 Å². The van der Waals surface area contributed by atoms with Crippen LogP contribution in [0.3, 0.4) is 0 Å². The molecule has 2 amide bonds. The summed E-state index contributed by atoms with van der Waals surface area (Å²) in [5.41, 5.74) is 9.03. The van der Waals surface area contributed by atoms with Gasteiger partial charge in [-0.25, -0.2) is 4.79 Å². The fraction of sp³-hybridized carbons (Fsp3) is 0.526. The number of unbranched alkanes of at least 4 members (excludes halogenated alkanes) is 1. The van der Waals surface area contributed by atoms with Crippen molar-refractivity contribution in [2.75, 3.05) is 31.5 Å². The predicted octanol–water partition coefficient (Wildman–Crippen LogP) is 2.01. The first-order valence-electron chi connectivity index (χ1n) is 9.35. The van der Waals surface area contributed by atoms with E-state index in [-0.39, 0.29) is 18.2 Å². The number of nitrogens with one attached hydrogen (secondary N) is 2. The summed E-state index contributed by atoms with van der Waals surface area (Å²) in [5.74, 6) is 0. The highest BCUT2D eigenvalue weighted by molar-refractivity contribution is 5.93. The molecule has 1 unspecified atom stereocenters. The number of rotatable bonds is 5. The van der Waals surface area contributed by atoms with E-state index in [1.165, 1.54) is 17.6 Å². The van der Waals surface area contributed by atoms with Crippen molar-refractivity contribution in [1.82, 2.24) is 15.1 Å². The number of para-hydroxylation sites is 1. The molecule has 3 heterocycles. The third-order valence-corrected chi connectivity index (χ3v) is 5.51. The van der Waals surface area contributed by atoms with Crippen LogP contribution in [0.15, 0.2) is 30.5 Å². The molecule has 134 valence electrons. The number of carbonyl (C=O) groups is 1. The van der Waals surface area contributed by atoms with Gasteiger partial charge in [0.1, 0.15) is 6.17 Å². The number of carbonyl (C=O) groups excluding carboxylic acids is 1. The topological polar surface area (TPSA) is 73.6 Å². The summed E-state index contributed by atoms with van der Waals surface area (Å²) in [5, 5.41) is 6.49. The zero-order chi connectivity index (χ0) is 17.2. The maximum absolute atomic E-state index is 12.6. The number of nitrogens with two attached hydrogens (primary N) is 1. The van der Waals surface area contributed by atoms with E-state index in [1.807, 2.05) is 17.0 Å². The van der Waals surface area contributed by atoms with Crippen LogP contribution in [0.25, 0.3) is 5.57 Å². The molecule has 1 saturated heterocycles. The number of amides is 2. The van der Waals surface area contributed by atoms with E-state index < -0.39 is 0 Å². The van der Waals surface area contributed by atoms with Gasteiger partial charge in [-0.3, -0.25) is 4.90 Å². The van der Waals surface area contributed by atoms with Crippen LogP contribution in [-0.4, -0.2) is 54.2 Å². The van der Waals surface area contributed by atoms with E-state index >= 15 is 0 Å². The SMILES string of the molecule is NCCCCN1CCC(N2C=C3c4ccccc4NC3NC2=O)CC1. The lowest BCUT2D eigenvalue weighted by Crippen LogP contribution is -2.54. The number of urea groups is 1. The van der Waals surface area contributed by atoms with Crippen LogP contribution < -0.4 is 16.4 Å². The van der Waals surface area contributed by atoms with Crippen molar-refractivity contribution in [3.8, 4) is 0 Å². The Bertz CT molecular complexity index is 666. The van der Waals surface area contributed by atoms with Crippen LogP contribution in [0.5, 0.6) is 0 Å². The van der Waals surface area contributed by atoms with Gasteiger partial charge in [-0.1, -0.05) is 18.2 Å². The van der Waals surface area contributed by atoms with Gasteiger partial charge < -0.3 is 21.3 Å². The molecule has 1 atom stereocenters. The largest absolute Gasteiger partial charge is 0.361 e. The molecule has 0 saturated carbocycles. The molecule has 1 aromatic rings. The first-order chi connectivity index (χ1) is 12.3. The van der Waals surface area contributed by atoms with E-state index in [9.17, 15) is 4.79 Å². The van der Waals surface area contributed by atoms with E-state index in [1.54, 1.807) is 0 Å². The van der Waals surface area contributed by atoms with E-state index in [0.29, 0.717) is 0 Å². The Morgan fingerprint density at radius 2 is 1.92 bits per heavy atom. The third-order valence-electron chi connectivity index (χ3n) is 5.51. The molecule has 3 aliphatic rings. The van der Waals surface area contributed by atoms with Gasteiger partial charge >= 0.3 is 6.03 Å². The molecule has 0 aromatic heterocycles. The highest BCUT2D eigenvalue weighted by atomic mass is 16.2. The second-order valence-electron chi connectivity index (χ2n) is 7.13. The number of anilines is 1. The summed E-state index contributed by atoms with van der Waals surface area (Å²) in [4.78, 5) is 17.0. The molecule has 25 heavy (non-hydrogen) atoms. The number of hydrogen-bond donors (Lipinski definition) is 3. The molecule has 4 N–H and O–H groups in total. The number of fused-ring (bicyclic) bond motifs is 3. The Kier molecular flexibility index (Phi) is 4.63. The Labute approximate surface area is 149 Å². The fourth-order valence-electron chi connectivity index (χ4n) is 4.09. The number of nitrogens with zero attached hydrogens (tertiary/aromatic N) is 2. The normalized spacial score (nSPS) is 23.6. The molecular formula is C19H27N5O. The smallest absolute Gasteiger partial charge is 0.323 e. The third kappa shape index (κ3) is 3.24. The number of likely N-dealkylation sites (tertiary alicyclic amines) is 1. The van der Waals surface area contributed by atoms with Crippen LogP contribution in [0, 0.1) is 0 Å². The lowest BCUT2D eigenvalue weighted by molar-refractivity contribution is 0.141. The minimum Gasteiger partial charge on any atom is -0.361 e. The van der Waals surface area contributed by atoms with Crippen LogP contribution in [0.1, 0.15) is 31.2 Å². The lowest BCUT2D eigenvalue weighted by Gasteiger charge is -2.39. The van der Waals surface area contributed by atoms with Crippen molar-refractivity contribution in [3.63, 3.8) is 0 Å². The molecule has 3 aliphatic heterocycles. The van der Waals surface area contributed by atoms with Gasteiger partial charge in [0.2, 0.25) is 0 Å². The van der Waals surface area contributed by atoms with Gasteiger partial charge in [-0.15, -0.1) is 0 Å². The summed E-state index contributed by atoms with van der Waals surface area (Å²) in [6, 6.07) is 8.53. The van der Waals surface area contributed by atoms with E-state index in [2.05, 4.69) is 33.9 Å². The van der Waals surface area contributed by atoms with E-state index in [4.69, 9.17) is 5.73 Å². The van der Waals surface area contributed by atoms with Crippen molar-refractivity contribution < 1.29 is 4.79 Å². The minimum absolute atomic E-state index is 0.00985. The number of hydrogen-bond acceptors (Lipinski definition) is 4. The molecule has 0 radical (unpaired) electrons. The van der Waals surface area contributed by atoms with Gasteiger partial charge in [0.25, 0.3) is 0 Å². The van der Waals surface area contributed by atoms with Crippen molar-refractivity contribution in [2.24, 2.45) is 5.73 Å². The minimum atomic E-state index is -0.0995. The van der Waals surface area contributed by atoms with Crippen molar-refractivity contribution in [2.45, 2.75) is 37.9 Å². The highest BCUT2D eigenvalue weighted by Crippen LogP contribution is 2.36. The molecule has 0 bridgehead atoms. The van der Waals surface area contributed by atoms with Crippen LogP contribution in [-0.2, 0) is 0 Å². The van der Waals surface area contributed by atoms with Gasteiger partial charge in [0.05, 0.1) is 0 Å². The maximum atomic E-state index is 12.6. The first kappa shape index (κ1) is 16.4. The zero-order valence-corrected chi connectivity index (χ0v) is 14.6. The number of piperidine rings is 1. The first-order valence-corrected chi connectivity index (χ1v) is 9.35. The van der Waals surface area contributed by atoms with Crippen molar-refractivity contribution >= 4 is 17.3 Å². The van der Waals surface area contributed by atoms with E-state index in [0.717, 1.165) is 51.1 Å². The standard InChI is InChI=1S/C19H27N5O/c20-9-3-4-10-23-11-7-14(8-12-23)24-13-16-15-5-1-2-6-17(15)21-18(16)22-19(24)25/h1-2,5-6,13-14,18,21H,3-4,7-12,20H2,(H,22,25). The Hall–Kier alpha value is -2.05. The molecule has 0 spiro atoms. The van der Waals surface area contributed by atoms with Crippen molar-refractivity contribution in [3.05, 3.63) is 36.0 Å². The highest BCUT2D eigenvalue weighted by Gasteiger charge is 2.36. The molecule has 1 fully saturated rings. The Morgan fingerprint density at radius 1 is 1.12 bits per heavy atom. The average molecular weight is 341 g/mol. The summed E-state index contributed by atoms with van der Waals surface area (Å²) in [7, 11) is 0. The van der Waals surface area contributed by atoms with Crippen LogP contribution in [0.2, 0.25) is 0 Å². The molecule has 4 rings (SSSR count). The Balaban J connectivity index is 1.43. The summed E-state index contributed by atoms with van der Waals surface area (Å²) in [6.45, 7) is 4.01. The summed E-state index contributed by atoms with van der Waals surface area (Å²) in [6.07, 6.45) is 6.28. The number of benzene rings is 1. The Morgan fingerprint density at radius 3 is 2.72 bits per heavy atom. The lowest BCUT2D eigenvalue weighted by atomic mass is 10.0. The summed E-state index contributed by atoms with van der Waals surface area (Å²) >= 11 is 0. The molecule has 0 aliphatic carbocycles. The van der Waals surface area contributed by atoms with Gasteiger partial charge in [-0.05, 0) is 44.8 Å². The van der Waals surface area contributed by atoms with Crippen molar-refractivity contribution in [1.29, 1.82) is 0 Å².